The molecule has 1 aromatic carbocycles. The zero-order valence-electron chi connectivity index (χ0n) is 15.7. The smallest absolute Gasteiger partial charge is 0.227 e. The van der Waals surface area contributed by atoms with E-state index in [1.807, 2.05) is 4.90 Å². The van der Waals surface area contributed by atoms with Crippen molar-refractivity contribution in [2.24, 2.45) is 5.92 Å². The standard InChI is InChI=1S/C21H31N3O2/c25-21-4-1-11-24(21)20-7-5-19(6-8-20)23-12-9-18(10-13-23)22-15-17-3-2-14-26-16-17/h5-8,17-18,22H,1-4,9-16H2. The molecule has 1 aromatic rings. The number of amides is 1. The highest BCUT2D eigenvalue weighted by Gasteiger charge is 2.23. The molecule has 3 saturated heterocycles. The molecule has 3 heterocycles. The fourth-order valence-electron chi connectivity index (χ4n) is 4.41. The van der Waals surface area contributed by atoms with Crippen LogP contribution in [0.15, 0.2) is 24.3 Å². The van der Waals surface area contributed by atoms with Gasteiger partial charge in [0.15, 0.2) is 0 Å². The molecule has 4 rings (SSSR count). The largest absolute Gasteiger partial charge is 0.381 e. The van der Waals surface area contributed by atoms with E-state index in [2.05, 4.69) is 34.5 Å². The molecule has 3 aliphatic rings. The molecular weight excluding hydrogens is 326 g/mol. The molecule has 142 valence electrons. The van der Waals surface area contributed by atoms with E-state index in [0.29, 0.717) is 18.4 Å². The quantitative estimate of drug-likeness (QED) is 0.880. The maximum absolute atomic E-state index is 11.9. The highest BCUT2D eigenvalue weighted by molar-refractivity contribution is 5.95. The monoisotopic (exact) mass is 357 g/mol. The third-order valence-electron chi connectivity index (χ3n) is 6.04. The molecule has 1 amide bonds. The van der Waals surface area contributed by atoms with Gasteiger partial charge < -0.3 is 19.9 Å². The summed E-state index contributed by atoms with van der Waals surface area (Å²) in [5.41, 5.74) is 2.32. The Labute approximate surface area is 156 Å². The highest BCUT2D eigenvalue weighted by atomic mass is 16.5. The Morgan fingerprint density at radius 1 is 1.00 bits per heavy atom. The van der Waals surface area contributed by atoms with Crippen LogP contribution in [-0.4, -0.2) is 51.3 Å². The van der Waals surface area contributed by atoms with Crippen molar-refractivity contribution >= 4 is 17.3 Å². The first-order valence-electron chi connectivity index (χ1n) is 10.3. The third kappa shape index (κ3) is 4.21. The fraction of sp³-hybridized carbons (Fsp3) is 0.667. The summed E-state index contributed by atoms with van der Waals surface area (Å²) in [7, 11) is 0. The molecule has 0 aromatic heterocycles. The molecule has 0 aliphatic carbocycles. The minimum atomic E-state index is 0.257. The van der Waals surface area contributed by atoms with E-state index in [1.165, 1.54) is 31.4 Å². The lowest BCUT2D eigenvalue weighted by atomic mass is 9.99. The summed E-state index contributed by atoms with van der Waals surface area (Å²) in [4.78, 5) is 16.3. The normalized spacial score (nSPS) is 25.1. The molecule has 0 spiro atoms. The molecule has 5 heteroatoms. The number of hydrogen-bond acceptors (Lipinski definition) is 4. The summed E-state index contributed by atoms with van der Waals surface area (Å²) >= 11 is 0. The maximum Gasteiger partial charge on any atom is 0.227 e. The van der Waals surface area contributed by atoms with Crippen LogP contribution in [0, 0.1) is 5.92 Å². The Morgan fingerprint density at radius 3 is 2.42 bits per heavy atom. The van der Waals surface area contributed by atoms with Crippen LogP contribution in [0.2, 0.25) is 0 Å². The van der Waals surface area contributed by atoms with Gasteiger partial charge >= 0.3 is 0 Å². The van der Waals surface area contributed by atoms with Crippen LogP contribution in [-0.2, 0) is 9.53 Å². The van der Waals surface area contributed by atoms with Crippen molar-refractivity contribution in [2.45, 2.75) is 44.6 Å². The van der Waals surface area contributed by atoms with Crippen LogP contribution in [0.25, 0.3) is 0 Å². The SMILES string of the molecule is O=C1CCCN1c1ccc(N2CCC(NCC3CCCOC3)CC2)cc1. The van der Waals surface area contributed by atoms with Gasteiger partial charge in [-0.1, -0.05) is 0 Å². The van der Waals surface area contributed by atoms with Crippen molar-refractivity contribution in [2.75, 3.05) is 49.2 Å². The average molecular weight is 357 g/mol. The number of piperidine rings is 1. The summed E-state index contributed by atoms with van der Waals surface area (Å²) in [6.45, 7) is 6.03. The number of nitrogens with one attached hydrogen (secondary N) is 1. The molecule has 1 N–H and O–H groups in total. The van der Waals surface area contributed by atoms with Gasteiger partial charge in [-0.2, -0.15) is 0 Å². The number of nitrogens with zero attached hydrogens (tertiary/aromatic N) is 2. The Kier molecular flexibility index (Phi) is 5.75. The van der Waals surface area contributed by atoms with Crippen LogP contribution in [0.3, 0.4) is 0 Å². The summed E-state index contributed by atoms with van der Waals surface area (Å²) < 4.78 is 5.58. The van der Waals surface area contributed by atoms with Gasteiger partial charge in [-0.05, 0) is 62.3 Å². The Bertz CT molecular complexity index is 590. The van der Waals surface area contributed by atoms with Crippen LogP contribution in [0.4, 0.5) is 11.4 Å². The summed E-state index contributed by atoms with van der Waals surface area (Å²) in [6.07, 6.45) is 6.57. The van der Waals surface area contributed by atoms with Crippen LogP contribution < -0.4 is 15.1 Å². The van der Waals surface area contributed by atoms with Crippen molar-refractivity contribution in [3.8, 4) is 0 Å². The lowest BCUT2D eigenvalue weighted by Gasteiger charge is -2.35. The summed E-state index contributed by atoms with van der Waals surface area (Å²) in [6, 6.07) is 9.19. The summed E-state index contributed by atoms with van der Waals surface area (Å²) in [5, 5.41) is 3.76. The van der Waals surface area contributed by atoms with Crippen molar-refractivity contribution in [1.82, 2.24) is 5.32 Å². The van der Waals surface area contributed by atoms with E-state index in [1.54, 1.807) is 0 Å². The number of hydrogen-bond donors (Lipinski definition) is 1. The molecule has 5 nitrogen and oxygen atoms in total. The van der Waals surface area contributed by atoms with Crippen molar-refractivity contribution in [3.05, 3.63) is 24.3 Å². The number of carbonyl (C=O) groups is 1. The van der Waals surface area contributed by atoms with Gasteiger partial charge in [0.1, 0.15) is 0 Å². The van der Waals surface area contributed by atoms with E-state index in [-0.39, 0.29) is 5.91 Å². The molecule has 3 aliphatic heterocycles. The van der Waals surface area contributed by atoms with E-state index >= 15 is 0 Å². The Balaban J connectivity index is 1.24. The molecular formula is C21H31N3O2. The maximum atomic E-state index is 11.9. The summed E-state index contributed by atoms with van der Waals surface area (Å²) in [5.74, 6) is 0.954. The third-order valence-corrected chi connectivity index (χ3v) is 6.04. The highest BCUT2D eigenvalue weighted by Crippen LogP contribution is 2.26. The molecule has 0 saturated carbocycles. The van der Waals surface area contributed by atoms with Gasteiger partial charge in [-0.3, -0.25) is 4.79 Å². The topological polar surface area (TPSA) is 44.8 Å². The molecule has 0 radical (unpaired) electrons. The van der Waals surface area contributed by atoms with E-state index in [9.17, 15) is 4.79 Å². The second-order valence-corrected chi connectivity index (χ2v) is 7.92. The van der Waals surface area contributed by atoms with E-state index in [4.69, 9.17) is 4.74 Å². The van der Waals surface area contributed by atoms with Crippen molar-refractivity contribution in [1.29, 1.82) is 0 Å². The number of carbonyl (C=O) groups excluding carboxylic acids is 1. The minimum Gasteiger partial charge on any atom is -0.381 e. The Hall–Kier alpha value is -1.59. The number of anilines is 2. The van der Waals surface area contributed by atoms with Crippen LogP contribution in [0.1, 0.15) is 38.5 Å². The predicted molar refractivity (Wildman–Crippen MR) is 105 cm³/mol. The first-order valence-corrected chi connectivity index (χ1v) is 10.3. The minimum absolute atomic E-state index is 0.257. The molecule has 1 unspecified atom stereocenters. The Morgan fingerprint density at radius 2 is 1.77 bits per heavy atom. The fourth-order valence-corrected chi connectivity index (χ4v) is 4.41. The van der Waals surface area contributed by atoms with E-state index in [0.717, 1.165) is 51.5 Å². The first-order chi connectivity index (χ1) is 12.8. The number of ether oxygens (including phenoxy) is 1. The first kappa shape index (κ1) is 17.8. The van der Waals surface area contributed by atoms with Crippen molar-refractivity contribution in [3.63, 3.8) is 0 Å². The van der Waals surface area contributed by atoms with Gasteiger partial charge in [-0.25, -0.2) is 0 Å². The molecule has 0 bridgehead atoms. The van der Waals surface area contributed by atoms with E-state index < -0.39 is 0 Å². The van der Waals surface area contributed by atoms with Gasteiger partial charge in [0, 0.05) is 56.6 Å². The lowest BCUT2D eigenvalue weighted by molar-refractivity contribution is -0.117. The van der Waals surface area contributed by atoms with Gasteiger partial charge in [0.2, 0.25) is 5.91 Å². The molecule has 26 heavy (non-hydrogen) atoms. The number of benzene rings is 1. The van der Waals surface area contributed by atoms with Gasteiger partial charge in [0.25, 0.3) is 0 Å². The second kappa shape index (κ2) is 8.40. The van der Waals surface area contributed by atoms with Gasteiger partial charge in [-0.15, -0.1) is 0 Å². The zero-order valence-corrected chi connectivity index (χ0v) is 15.7. The zero-order chi connectivity index (χ0) is 17.8. The molecule has 1 atom stereocenters. The van der Waals surface area contributed by atoms with Crippen molar-refractivity contribution < 1.29 is 9.53 Å². The van der Waals surface area contributed by atoms with Crippen LogP contribution >= 0.6 is 0 Å². The average Bonchev–Trinajstić information content (AvgIpc) is 3.14. The number of rotatable bonds is 5. The second-order valence-electron chi connectivity index (χ2n) is 7.92. The molecule has 3 fully saturated rings. The van der Waals surface area contributed by atoms with Crippen LogP contribution in [0.5, 0.6) is 0 Å². The predicted octanol–water partition coefficient (Wildman–Crippen LogP) is 2.80. The van der Waals surface area contributed by atoms with Gasteiger partial charge in [0.05, 0.1) is 6.61 Å². The lowest BCUT2D eigenvalue weighted by Crippen LogP contribution is -2.44.